The van der Waals surface area contributed by atoms with Crippen molar-refractivity contribution in [1.29, 1.82) is 0 Å². The molecular weight excluding hydrogens is 499 g/mol. The minimum Gasteiger partial charge on any atom is -0.550 e. The van der Waals surface area contributed by atoms with Gasteiger partial charge in [0.25, 0.3) is 10.1 Å². The predicted octanol–water partition coefficient (Wildman–Crippen LogP) is 1.52. The number of carbonyl (C=O) groups is 3. The van der Waals surface area contributed by atoms with E-state index < -0.39 is 16.1 Å². The number of unbranched alkanes of at least 4 members (excludes halogenated alkanes) is 3. The second kappa shape index (κ2) is 29.5. The maximum absolute atomic E-state index is 10.9. The van der Waals surface area contributed by atoms with Gasteiger partial charge in [-0.15, -0.1) is 6.58 Å². The zero-order valence-electron chi connectivity index (χ0n) is 22.6. The van der Waals surface area contributed by atoms with Crippen molar-refractivity contribution in [3.63, 3.8) is 0 Å². The molecule has 11 heteroatoms. The first kappa shape index (κ1) is 44.3. The molecule has 0 saturated heterocycles. The van der Waals surface area contributed by atoms with Crippen LogP contribution in [0.1, 0.15) is 79.1 Å². The summed E-state index contributed by atoms with van der Waals surface area (Å²) in [6.45, 7) is 21.8. The molecule has 0 aromatic carbocycles. The second-order valence-electron chi connectivity index (χ2n) is 8.05. The molecule has 0 aromatic rings. The van der Waals surface area contributed by atoms with Gasteiger partial charge in [0.1, 0.15) is 0 Å². The summed E-state index contributed by atoms with van der Waals surface area (Å²) in [6, 6.07) is 0. The van der Waals surface area contributed by atoms with Crippen LogP contribution in [0.15, 0.2) is 50.1 Å². The smallest absolute Gasteiger partial charge is 0.550 e. The van der Waals surface area contributed by atoms with E-state index in [9.17, 15) is 27.9 Å². The Morgan fingerprint density at radius 1 is 1.00 bits per heavy atom. The summed E-state index contributed by atoms with van der Waals surface area (Å²) in [4.78, 5) is 30.7. The molecule has 0 aliphatic rings. The zero-order valence-corrected chi connectivity index (χ0v) is 25.4. The van der Waals surface area contributed by atoms with Crippen LogP contribution in [0.5, 0.6) is 0 Å². The van der Waals surface area contributed by atoms with Crippen LogP contribution in [0.3, 0.4) is 0 Å². The van der Waals surface area contributed by atoms with Crippen molar-refractivity contribution >= 4 is 28.0 Å². The van der Waals surface area contributed by atoms with Gasteiger partial charge >= 0.3 is 41.5 Å². The Kier molecular flexibility index (Phi) is 36.3. The van der Waals surface area contributed by atoms with Crippen molar-refractivity contribution in [3.8, 4) is 0 Å². The minimum atomic E-state index is -3.90. The first-order valence-corrected chi connectivity index (χ1v) is 12.6. The van der Waals surface area contributed by atoms with Gasteiger partial charge in [0.05, 0.1) is 18.3 Å². The van der Waals surface area contributed by atoms with Gasteiger partial charge in [-0.3, -0.25) is 9.35 Å². The van der Waals surface area contributed by atoms with E-state index in [0.29, 0.717) is 23.9 Å². The SMILES string of the molecule is C=CC(=O)OCCCC.C=CCC(=O)[O-].C=COC(=O)CCCCCC(C)(C)C.C=CS(=O)(=O)O.[Na+]. The van der Waals surface area contributed by atoms with Crippen LogP contribution >= 0.6 is 0 Å². The summed E-state index contributed by atoms with van der Waals surface area (Å²) >= 11 is 0. The van der Waals surface area contributed by atoms with E-state index in [1.807, 2.05) is 6.92 Å². The standard InChI is InChI=1S/C12H22O2.C7H12O2.C4H6O2.C2H4O3S.Na/c1-5-14-11(13)9-7-6-8-10-12(2,3)4;1-3-5-6-9-7(8)4-2;1-2-3-4(5)6;1-2-6(3,4)5;/h5H,1,6-10H2,2-4H3;4H,2-3,5-6H2,1H3;2H,1,3H2,(H,5,6);2H,1H2,(H,3,4,5);/q;;;;+1/p-1. The average Bonchev–Trinajstić information content (AvgIpc) is 2.73. The van der Waals surface area contributed by atoms with Crippen molar-refractivity contribution in [3.05, 3.63) is 50.1 Å². The summed E-state index contributed by atoms with van der Waals surface area (Å²) in [5.74, 6) is -1.58. The van der Waals surface area contributed by atoms with E-state index in [0.717, 1.165) is 25.7 Å². The maximum Gasteiger partial charge on any atom is 1.00 e. The molecule has 0 unspecified atom stereocenters. The first-order chi connectivity index (χ1) is 16.1. The van der Waals surface area contributed by atoms with Crippen LogP contribution in [0, 0.1) is 5.41 Å². The Bertz CT molecular complexity index is 713. The van der Waals surface area contributed by atoms with E-state index >= 15 is 0 Å². The van der Waals surface area contributed by atoms with Gasteiger partial charge in [-0.2, -0.15) is 8.42 Å². The summed E-state index contributed by atoms with van der Waals surface area (Å²) in [5, 5.41) is 9.88. The number of ether oxygens (including phenoxy) is 2. The van der Waals surface area contributed by atoms with Crippen molar-refractivity contribution in [2.75, 3.05) is 6.61 Å². The van der Waals surface area contributed by atoms with Gasteiger partial charge in [-0.1, -0.05) is 72.8 Å². The number of rotatable bonds is 13. The van der Waals surface area contributed by atoms with Crippen LogP contribution in [0.2, 0.25) is 0 Å². The van der Waals surface area contributed by atoms with E-state index in [1.165, 1.54) is 31.3 Å². The van der Waals surface area contributed by atoms with E-state index in [1.54, 1.807) is 0 Å². The van der Waals surface area contributed by atoms with Gasteiger partial charge in [-0.05, 0) is 24.7 Å². The molecule has 9 nitrogen and oxygen atoms in total. The van der Waals surface area contributed by atoms with Gasteiger partial charge in [0.2, 0.25) is 0 Å². The normalized spacial score (nSPS) is 9.47. The number of esters is 2. The number of hydrogen-bond donors (Lipinski definition) is 1. The summed E-state index contributed by atoms with van der Waals surface area (Å²) in [7, 11) is -3.90. The molecule has 0 aliphatic heterocycles. The molecule has 0 atom stereocenters. The van der Waals surface area contributed by atoms with Crippen molar-refractivity contribution < 1.29 is 71.5 Å². The Morgan fingerprint density at radius 2 is 1.53 bits per heavy atom. The van der Waals surface area contributed by atoms with Gasteiger partial charge in [-0.25, -0.2) is 4.79 Å². The third kappa shape index (κ3) is 58.3. The fourth-order valence-electron chi connectivity index (χ4n) is 1.75. The molecule has 0 aliphatic carbocycles. The quantitative estimate of drug-likeness (QED) is 0.0696. The van der Waals surface area contributed by atoms with Crippen molar-refractivity contribution in [2.24, 2.45) is 5.41 Å². The summed E-state index contributed by atoms with van der Waals surface area (Å²) in [5.41, 5.74) is 0.404. The van der Waals surface area contributed by atoms with Crippen LogP contribution in [-0.4, -0.2) is 37.5 Å². The van der Waals surface area contributed by atoms with Crippen LogP contribution < -0.4 is 34.7 Å². The fourth-order valence-corrected chi connectivity index (χ4v) is 1.75. The average molecular weight is 543 g/mol. The van der Waals surface area contributed by atoms with Crippen LogP contribution in [0.25, 0.3) is 0 Å². The van der Waals surface area contributed by atoms with E-state index in [4.69, 9.17) is 4.55 Å². The van der Waals surface area contributed by atoms with Gasteiger partial charge < -0.3 is 19.4 Å². The minimum absolute atomic E-state index is 0. The number of aliphatic carboxylic acids is 1. The van der Waals surface area contributed by atoms with Gasteiger partial charge in [0, 0.05) is 24.9 Å². The molecular formula is C25H43NaO9S. The molecule has 0 spiro atoms. The molecule has 0 heterocycles. The Morgan fingerprint density at radius 3 is 1.83 bits per heavy atom. The molecule has 0 fully saturated rings. The number of carbonyl (C=O) groups excluding carboxylic acids is 3. The Hall–Kier alpha value is -1.72. The largest absolute Gasteiger partial charge is 1.00 e. The fraction of sp³-hybridized carbons (Fsp3) is 0.560. The molecule has 0 aromatic heterocycles. The molecule has 0 radical (unpaired) electrons. The maximum atomic E-state index is 10.9. The predicted molar refractivity (Wildman–Crippen MR) is 136 cm³/mol. The molecule has 0 saturated carbocycles. The van der Waals surface area contributed by atoms with Crippen molar-refractivity contribution in [2.45, 2.75) is 79.1 Å². The van der Waals surface area contributed by atoms with Crippen LogP contribution in [0.4, 0.5) is 0 Å². The van der Waals surface area contributed by atoms with E-state index in [2.05, 4.69) is 56.6 Å². The Balaban J connectivity index is -0.000000126. The first-order valence-electron chi connectivity index (χ1n) is 11.1. The summed E-state index contributed by atoms with van der Waals surface area (Å²) in [6.07, 6.45) is 10.5. The monoisotopic (exact) mass is 542 g/mol. The van der Waals surface area contributed by atoms with E-state index in [-0.39, 0.29) is 47.9 Å². The Labute approximate surface area is 239 Å². The molecule has 36 heavy (non-hydrogen) atoms. The van der Waals surface area contributed by atoms with Gasteiger partial charge in [0.15, 0.2) is 0 Å². The number of carboxylic acid groups (broad SMARTS) is 1. The molecule has 0 rings (SSSR count). The molecule has 1 N–H and O–H groups in total. The number of carboxylic acids is 1. The molecule has 0 bridgehead atoms. The topological polar surface area (TPSA) is 147 Å². The zero-order chi connectivity index (χ0) is 28.3. The third-order valence-corrected chi connectivity index (χ3v) is 3.87. The second-order valence-corrected chi connectivity index (χ2v) is 9.41. The van der Waals surface area contributed by atoms with Crippen molar-refractivity contribution in [1.82, 2.24) is 0 Å². The molecule has 0 amide bonds. The molecule has 204 valence electrons. The van der Waals surface area contributed by atoms with Crippen LogP contribution in [-0.2, 0) is 34.0 Å². The summed E-state index contributed by atoms with van der Waals surface area (Å²) < 4.78 is 35.8. The third-order valence-electron chi connectivity index (χ3n) is 3.45. The number of hydrogen-bond acceptors (Lipinski definition) is 8.